The highest BCUT2D eigenvalue weighted by Gasteiger charge is 2.48. The van der Waals surface area contributed by atoms with E-state index in [1.807, 2.05) is 24.3 Å². The number of anilines is 1. The SMILES string of the molecule is O=C1[C@@H](CCOc2ccc(F)cc2)[C@@H](c2ccc(C[C@H]3O[C@H](CO)[C@@H](O)[C@H](O)[C@H]3O)cc2)N1c1ccc(F)cc1. The molecule has 0 unspecified atom stereocenters. The maximum atomic E-state index is 13.6. The molecule has 10 heteroatoms. The highest BCUT2D eigenvalue weighted by molar-refractivity contribution is 6.03. The summed E-state index contributed by atoms with van der Waals surface area (Å²) in [6, 6.07) is 18.4. The average molecular weight is 556 g/mol. The molecule has 2 saturated heterocycles. The number of hydrogen-bond acceptors (Lipinski definition) is 7. The van der Waals surface area contributed by atoms with E-state index in [-0.39, 0.29) is 30.8 Å². The second kappa shape index (κ2) is 12.0. The fraction of sp³-hybridized carbons (Fsp3) is 0.367. The predicted molar refractivity (Wildman–Crippen MR) is 141 cm³/mol. The first-order valence-electron chi connectivity index (χ1n) is 13.1. The molecule has 0 aromatic heterocycles. The number of carbonyl (C=O) groups excluding carboxylic acids is 1. The van der Waals surface area contributed by atoms with Gasteiger partial charge in [0.1, 0.15) is 41.8 Å². The average Bonchev–Trinajstić information content (AvgIpc) is 2.96. The van der Waals surface area contributed by atoms with Crippen LogP contribution in [-0.4, -0.2) is 70.1 Å². The number of rotatable bonds is 9. The minimum absolute atomic E-state index is 0.121. The Hall–Kier alpha value is -3.41. The largest absolute Gasteiger partial charge is 0.494 e. The minimum atomic E-state index is -1.45. The fourth-order valence-corrected chi connectivity index (χ4v) is 5.37. The van der Waals surface area contributed by atoms with Crippen LogP contribution in [0, 0.1) is 17.6 Å². The van der Waals surface area contributed by atoms with Crippen LogP contribution in [0.4, 0.5) is 14.5 Å². The summed E-state index contributed by atoms with van der Waals surface area (Å²) in [6.07, 6.45) is -5.38. The molecular formula is C30H31F2NO7. The molecular weight excluding hydrogens is 524 g/mol. The van der Waals surface area contributed by atoms with Gasteiger partial charge in [-0.05, 0) is 66.1 Å². The van der Waals surface area contributed by atoms with Gasteiger partial charge in [0.15, 0.2) is 0 Å². The van der Waals surface area contributed by atoms with Gasteiger partial charge in [-0.2, -0.15) is 0 Å². The van der Waals surface area contributed by atoms with E-state index in [1.54, 1.807) is 17.0 Å². The summed E-state index contributed by atoms with van der Waals surface area (Å²) in [6.45, 7) is -0.257. The molecule has 8 nitrogen and oxygen atoms in total. The van der Waals surface area contributed by atoms with Crippen LogP contribution in [0.5, 0.6) is 5.75 Å². The first kappa shape index (κ1) is 28.1. The standard InChI is InChI=1S/C30H31F2NO7/c31-19-5-9-21(10-6-19)33-26(23(30(33)38)13-14-39-22-11-7-20(32)8-12-22)18-3-1-17(2-4-18)15-24-27(35)29(37)28(36)25(16-34)40-24/h1-12,23-29,34-37H,13-16H2/t23-,24+,25+,26+,27-,28+,29+/m0/s1. The number of halogens is 2. The summed E-state index contributed by atoms with van der Waals surface area (Å²) in [5.74, 6) is -0.800. The number of aliphatic hydroxyl groups excluding tert-OH is 4. The Morgan fingerprint density at radius 1 is 0.800 bits per heavy atom. The second-order valence-corrected chi connectivity index (χ2v) is 10.1. The number of β-lactam (4-membered cyclic amide) rings is 1. The van der Waals surface area contributed by atoms with Gasteiger partial charge in [-0.15, -0.1) is 0 Å². The predicted octanol–water partition coefficient (Wildman–Crippen LogP) is 2.52. The highest BCUT2D eigenvalue weighted by Crippen LogP contribution is 2.45. The molecule has 212 valence electrons. The lowest BCUT2D eigenvalue weighted by atomic mass is 9.79. The van der Waals surface area contributed by atoms with Gasteiger partial charge in [0, 0.05) is 12.1 Å². The van der Waals surface area contributed by atoms with Crippen molar-refractivity contribution in [2.45, 2.75) is 49.4 Å². The van der Waals surface area contributed by atoms with Crippen molar-refractivity contribution < 1.29 is 43.5 Å². The maximum absolute atomic E-state index is 13.6. The number of nitrogens with zero attached hydrogens (tertiary/aromatic N) is 1. The van der Waals surface area contributed by atoms with Crippen LogP contribution in [-0.2, 0) is 16.0 Å². The third-order valence-electron chi connectivity index (χ3n) is 7.58. The molecule has 1 amide bonds. The zero-order valence-corrected chi connectivity index (χ0v) is 21.5. The Kier molecular flexibility index (Phi) is 8.43. The zero-order chi connectivity index (χ0) is 28.4. The molecule has 4 N–H and O–H groups in total. The van der Waals surface area contributed by atoms with Gasteiger partial charge < -0.3 is 34.8 Å². The van der Waals surface area contributed by atoms with E-state index in [4.69, 9.17) is 9.47 Å². The Morgan fingerprint density at radius 2 is 1.40 bits per heavy atom. The first-order chi connectivity index (χ1) is 19.3. The summed E-state index contributed by atoms with van der Waals surface area (Å²) < 4.78 is 38.1. The van der Waals surface area contributed by atoms with Crippen molar-refractivity contribution in [1.82, 2.24) is 0 Å². The lowest BCUT2D eigenvalue weighted by molar-refractivity contribution is -0.228. The van der Waals surface area contributed by atoms with E-state index in [9.17, 15) is 34.0 Å². The third kappa shape index (κ3) is 5.72. The fourth-order valence-electron chi connectivity index (χ4n) is 5.37. The van der Waals surface area contributed by atoms with Crippen molar-refractivity contribution in [3.05, 3.63) is 95.6 Å². The Morgan fingerprint density at radius 3 is 2.02 bits per heavy atom. The zero-order valence-electron chi connectivity index (χ0n) is 21.5. The molecule has 2 aliphatic rings. The number of aliphatic hydroxyl groups is 4. The van der Waals surface area contributed by atoms with Gasteiger partial charge in [-0.25, -0.2) is 8.78 Å². The molecule has 2 heterocycles. The van der Waals surface area contributed by atoms with Crippen molar-refractivity contribution in [1.29, 1.82) is 0 Å². The number of carbonyl (C=O) groups is 1. The third-order valence-corrected chi connectivity index (χ3v) is 7.58. The van der Waals surface area contributed by atoms with Crippen molar-refractivity contribution in [3.63, 3.8) is 0 Å². The van der Waals surface area contributed by atoms with Gasteiger partial charge in [-0.1, -0.05) is 24.3 Å². The Balaban J connectivity index is 1.31. The summed E-state index contributed by atoms with van der Waals surface area (Å²) >= 11 is 0. The van der Waals surface area contributed by atoms with Gasteiger partial charge in [-0.3, -0.25) is 4.79 Å². The smallest absolute Gasteiger partial charge is 0.233 e. The second-order valence-electron chi connectivity index (χ2n) is 10.1. The molecule has 2 aliphatic heterocycles. The summed E-state index contributed by atoms with van der Waals surface area (Å²) in [5, 5.41) is 39.9. The van der Waals surface area contributed by atoms with Crippen LogP contribution in [0.1, 0.15) is 23.6 Å². The van der Waals surface area contributed by atoms with Crippen LogP contribution in [0.3, 0.4) is 0 Å². The monoisotopic (exact) mass is 555 g/mol. The van der Waals surface area contributed by atoms with Gasteiger partial charge in [0.2, 0.25) is 5.91 Å². The number of benzene rings is 3. The van der Waals surface area contributed by atoms with E-state index >= 15 is 0 Å². The summed E-state index contributed by atoms with van der Waals surface area (Å²) in [7, 11) is 0. The first-order valence-corrected chi connectivity index (χ1v) is 13.1. The molecule has 5 rings (SSSR count). The van der Waals surface area contributed by atoms with Gasteiger partial charge >= 0.3 is 0 Å². The maximum Gasteiger partial charge on any atom is 0.233 e. The van der Waals surface area contributed by atoms with Gasteiger partial charge in [0.25, 0.3) is 0 Å². The van der Waals surface area contributed by atoms with Crippen LogP contribution in [0.2, 0.25) is 0 Å². The van der Waals surface area contributed by atoms with Crippen LogP contribution >= 0.6 is 0 Å². The molecule has 0 saturated carbocycles. The molecule has 0 aliphatic carbocycles. The summed E-state index contributed by atoms with van der Waals surface area (Å²) in [5.41, 5.74) is 2.19. The van der Waals surface area contributed by atoms with E-state index in [2.05, 4.69) is 0 Å². The molecule has 2 fully saturated rings. The molecule has 7 atom stereocenters. The molecule has 0 radical (unpaired) electrons. The minimum Gasteiger partial charge on any atom is -0.494 e. The van der Waals surface area contributed by atoms with E-state index < -0.39 is 48.9 Å². The quantitative estimate of drug-likeness (QED) is 0.300. The lowest BCUT2D eigenvalue weighted by Gasteiger charge is -2.47. The number of hydrogen-bond donors (Lipinski definition) is 4. The lowest BCUT2D eigenvalue weighted by Crippen LogP contribution is -2.59. The molecule has 40 heavy (non-hydrogen) atoms. The van der Waals surface area contributed by atoms with Crippen molar-refractivity contribution in [2.75, 3.05) is 18.1 Å². The van der Waals surface area contributed by atoms with Crippen molar-refractivity contribution in [3.8, 4) is 5.75 Å². The van der Waals surface area contributed by atoms with E-state index in [0.717, 1.165) is 11.1 Å². The molecule has 0 spiro atoms. The van der Waals surface area contributed by atoms with Crippen molar-refractivity contribution >= 4 is 11.6 Å². The van der Waals surface area contributed by atoms with Crippen LogP contribution in [0.25, 0.3) is 0 Å². The van der Waals surface area contributed by atoms with Crippen LogP contribution in [0.15, 0.2) is 72.8 Å². The number of amides is 1. The highest BCUT2D eigenvalue weighted by atomic mass is 19.1. The normalized spacial score (nSPS) is 28.3. The molecule has 3 aromatic rings. The summed E-state index contributed by atoms with van der Waals surface area (Å²) in [4.78, 5) is 14.8. The van der Waals surface area contributed by atoms with Crippen molar-refractivity contribution in [2.24, 2.45) is 5.92 Å². The van der Waals surface area contributed by atoms with Gasteiger partial charge in [0.05, 0.1) is 31.3 Å². The van der Waals surface area contributed by atoms with E-state index in [1.165, 1.54) is 36.4 Å². The Bertz CT molecular complexity index is 1290. The topological polar surface area (TPSA) is 120 Å². The molecule has 0 bridgehead atoms. The molecule has 3 aromatic carbocycles. The Labute approximate surface area is 230 Å². The number of ether oxygens (including phenoxy) is 2. The van der Waals surface area contributed by atoms with E-state index in [0.29, 0.717) is 17.9 Å². The van der Waals surface area contributed by atoms with Crippen LogP contribution < -0.4 is 9.64 Å².